The van der Waals surface area contributed by atoms with Crippen LogP contribution in [0.4, 0.5) is 5.13 Å². The maximum Gasteiger partial charge on any atom is 0.260 e. The largest absolute Gasteiger partial charge is 0.466 e. The molecule has 18 heavy (non-hydrogen) atoms. The van der Waals surface area contributed by atoms with Crippen LogP contribution in [0.15, 0.2) is 15.9 Å². The Hall–Kier alpha value is -1.95. The Labute approximate surface area is 108 Å². The average Bonchev–Trinajstić information content (AvgIpc) is 2.85. The van der Waals surface area contributed by atoms with Gasteiger partial charge in [0.25, 0.3) is 5.91 Å². The first-order valence-electron chi connectivity index (χ1n) is 5.32. The number of carbonyl (C=O) groups is 2. The molecular formula is C12H12N2O3S. The zero-order chi connectivity index (χ0) is 13.3. The van der Waals surface area contributed by atoms with E-state index in [4.69, 9.17) is 4.42 Å². The second kappa shape index (κ2) is 4.73. The van der Waals surface area contributed by atoms with Crippen LogP contribution in [0.25, 0.3) is 0 Å². The van der Waals surface area contributed by atoms with Gasteiger partial charge >= 0.3 is 0 Å². The highest BCUT2D eigenvalue weighted by molar-refractivity contribution is 7.14. The van der Waals surface area contributed by atoms with Gasteiger partial charge in [0.2, 0.25) is 0 Å². The predicted molar refractivity (Wildman–Crippen MR) is 68.3 cm³/mol. The van der Waals surface area contributed by atoms with Gasteiger partial charge in [0, 0.05) is 12.3 Å². The van der Waals surface area contributed by atoms with Gasteiger partial charge in [-0.15, -0.1) is 11.3 Å². The molecule has 1 amide bonds. The lowest BCUT2D eigenvalue weighted by Gasteiger charge is -1.98. The molecule has 0 unspecified atom stereocenters. The van der Waals surface area contributed by atoms with E-state index in [1.807, 2.05) is 0 Å². The lowest BCUT2D eigenvalue weighted by atomic mass is 10.2. The van der Waals surface area contributed by atoms with Gasteiger partial charge in [-0.1, -0.05) is 0 Å². The highest BCUT2D eigenvalue weighted by Crippen LogP contribution is 2.19. The van der Waals surface area contributed by atoms with E-state index in [9.17, 15) is 9.59 Å². The van der Waals surface area contributed by atoms with Crippen molar-refractivity contribution in [1.82, 2.24) is 4.98 Å². The number of anilines is 1. The van der Waals surface area contributed by atoms with Gasteiger partial charge in [0.05, 0.1) is 5.56 Å². The Morgan fingerprint density at radius 1 is 1.39 bits per heavy atom. The molecular weight excluding hydrogens is 252 g/mol. The van der Waals surface area contributed by atoms with E-state index in [1.165, 1.54) is 18.3 Å². The molecule has 0 aliphatic rings. The summed E-state index contributed by atoms with van der Waals surface area (Å²) in [6, 6.07) is 1.67. The molecule has 0 bridgehead atoms. The van der Waals surface area contributed by atoms with Crippen molar-refractivity contribution in [3.8, 4) is 0 Å². The van der Waals surface area contributed by atoms with Crippen molar-refractivity contribution >= 4 is 28.2 Å². The first-order chi connectivity index (χ1) is 8.47. The van der Waals surface area contributed by atoms with Crippen molar-refractivity contribution in [3.63, 3.8) is 0 Å². The topological polar surface area (TPSA) is 72.2 Å². The molecule has 0 aliphatic heterocycles. The van der Waals surface area contributed by atoms with Crippen LogP contribution in [0.1, 0.15) is 39.3 Å². The second-order valence-corrected chi connectivity index (χ2v) is 4.73. The Kier molecular flexibility index (Phi) is 3.29. The molecule has 0 spiro atoms. The standard InChI is InChI=1S/C12H12N2O3S/c1-6-4-9(8(3)17-6)11(16)14-12-13-10(5-18-12)7(2)15/h4-5H,1-3H3,(H,13,14,16). The number of nitrogens with one attached hydrogen (secondary N) is 1. The van der Waals surface area contributed by atoms with Crippen LogP contribution in [0.3, 0.4) is 0 Å². The van der Waals surface area contributed by atoms with Gasteiger partial charge in [-0.05, 0) is 19.9 Å². The van der Waals surface area contributed by atoms with Gasteiger partial charge in [0.1, 0.15) is 17.2 Å². The number of hydrogen-bond acceptors (Lipinski definition) is 5. The van der Waals surface area contributed by atoms with Crippen molar-refractivity contribution in [2.24, 2.45) is 0 Å². The highest BCUT2D eigenvalue weighted by Gasteiger charge is 2.15. The van der Waals surface area contributed by atoms with Crippen LogP contribution < -0.4 is 5.32 Å². The fourth-order valence-corrected chi connectivity index (χ4v) is 2.26. The minimum Gasteiger partial charge on any atom is -0.466 e. The third-order valence-electron chi connectivity index (χ3n) is 2.37. The highest BCUT2D eigenvalue weighted by atomic mass is 32.1. The Balaban J connectivity index is 2.16. The minimum atomic E-state index is -0.284. The average molecular weight is 264 g/mol. The summed E-state index contributed by atoms with van der Waals surface area (Å²) in [6.07, 6.45) is 0. The summed E-state index contributed by atoms with van der Waals surface area (Å²) >= 11 is 1.22. The number of nitrogens with zero attached hydrogens (tertiary/aromatic N) is 1. The van der Waals surface area contributed by atoms with E-state index in [0.717, 1.165) is 0 Å². The predicted octanol–water partition coefficient (Wildman–Crippen LogP) is 2.81. The molecule has 0 aliphatic carbocycles. The first-order valence-corrected chi connectivity index (χ1v) is 6.20. The molecule has 2 heterocycles. The van der Waals surface area contributed by atoms with E-state index < -0.39 is 0 Å². The van der Waals surface area contributed by atoms with Gasteiger partial charge in [-0.25, -0.2) is 4.98 Å². The monoisotopic (exact) mass is 264 g/mol. The van der Waals surface area contributed by atoms with Gasteiger partial charge in [-0.2, -0.15) is 0 Å². The summed E-state index contributed by atoms with van der Waals surface area (Å²) in [6.45, 7) is 4.94. The first kappa shape index (κ1) is 12.5. The molecule has 94 valence electrons. The van der Waals surface area contributed by atoms with Crippen LogP contribution in [0.2, 0.25) is 0 Å². The molecule has 0 saturated carbocycles. The summed E-state index contributed by atoms with van der Waals surface area (Å²) in [5.41, 5.74) is 0.836. The van der Waals surface area contributed by atoms with Crippen LogP contribution in [0.5, 0.6) is 0 Å². The number of aromatic nitrogens is 1. The quantitative estimate of drug-likeness (QED) is 0.865. The van der Waals surface area contributed by atoms with Gasteiger partial charge in [-0.3, -0.25) is 14.9 Å². The number of hydrogen-bond donors (Lipinski definition) is 1. The fourth-order valence-electron chi connectivity index (χ4n) is 1.51. The number of furan rings is 1. The van der Waals surface area contributed by atoms with E-state index in [0.29, 0.717) is 27.9 Å². The van der Waals surface area contributed by atoms with Gasteiger partial charge in [0.15, 0.2) is 10.9 Å². The van der Waals surface area contributed by atoms with Crippen LogP contribution in [0, 0.1) is 13.8 Å². The summed E-state index contributed by atoms with van der Waals surface area (Å²) in [5, 5.41) is 4.67. The summed E-state index contributed by atoms with van der Waals surface area (Å²) in [5.74, 6) is 0.838. The maximum absolute atomic E-state index is 11.9. The lowest BCUT2D eigenvalue weighted by molar-refractivity contribution is 0.100. The van der Waals surface area contributed by atoms with Crippen molar-refractivity contribution < 1.29 is 14.0 Å². The molecule has 2 aromatic heterocycles. The van der Waals surface area contributed by atoms with Crippen molar-refractivity contribution in [1.29, 1.82) is 0 Å². The summed E-state index contributed by atoms with van der Waals surface area (Å²) < 4.78 is 5.28. The number of thiazole rings is 1. The van der Waals surface area contributed by atoms with Crippen LogP contribution in [-0.2, 0) is 0 Å². The minimum absolute atomic E-state index is 0.123. The summed E-state index contributed by atoms with van der Waals surface area (Å²) in [7, 11) is 0. The molecule has 0 atom stereocenters. The number of Topliss-reactive ketones (excluding diaryl/α,β-unsaturated/α-hetero) is 1. The van der Waals surface area contributed by atoms with Gasteiger partial charge < -0.3 is 4.42 Å². The number of amides is 1. The second-order valence-electron chi connectivity index (χ2n) is 3.88. The van der Waals surface area contributed by atoms with E-state index in [1.54, 1.807) is 25.3 Å². The number of rotatable bonds is 3. The van der Waals surface area contributed by atoms with Crippen LogP contribution >= 0.6 is 11.3 Å². The zero-order valence-corrected chi connectivity index (χ0v) is 11.1. The number of ketones is 1. The van der Waals surface area contributed by atoms with Crippen molar-refractivity contribution in [2.75, 3.05) is 5.32 Å². The Bertz CT molecular complexity index is 613. The molecule has 0 radical (unpaired) electrons. The molecule has 0 saturated heterocycles. The maximum atomic E-state index is 11.9. The zero-order valence-electron chi connectivity index (χ0n) is 10.2. The number of aryl methyl sites for hydroxylation is 2. The molecule has 6 heteroatoms. The molecule has 0 aromatic carbocycles. The third kappa shape index (κ3) is 2.48. The van der Waals surface area contributed by atoms with E-state index >= 15 is 0 Å². The molecule has 1 N–H and O–H groups in total. The Morgan fingerprint density at radius 3 is 2.61 bits per heavy atom. The fraction of sp³-hybridized carbons (Fsp3) is 0.250. The molecule has 2 aromatic rings. The van der Waals surface area contributed by atoms with E-state index in [2.05, 4.69) is 10.3 Å². The summed E-state index contributed by atoms with van der Waals surface area (Å²) in [4.78, 5) is 27.0. The molecule has 5 nitrogen and oxygen atoms in total. The smallest absolute Gasteiger partial charge is 0.260 e. The number of carbonyl (C=O) groups excluding carboxylic acids is 2. The Morgan fingerprint density at radius 2 is 2.11 bits per heavy atom. The SMILES string of the molecule is CC(=O)c1csc(NC(=O)c2cc(C)oc2C)n1. The molecule has 0 fully saturated rings. The third-order valence-corrected chi connectivity index (χ3v) is 3.13. The normalized spacial score (nSPS) is 10.4. The lowest BCUT2D eigenvalue weighted by Crippen LogP contribution is -2.12. The van der Waals surface area contributed by atoms with Crippen molar-refractivity contribution in [2.45, 2.75) is 20.8 Å². The molecule has 2 rings (SSSR count). The van der Waals surface area contributed by atoms with E-state index in [-0.39, 0.29) is 11.7 Å². The van der Waals surface area contributed by atoms with Crippen LogP contribution in [-0.4, -0.2) is 16.7 Å². The van der Waals surface area contributed by atoms with Crippen molar-refractivity contribution in [3.05, 3.63) is 34.2 Å².